The van der Waals surface area contributed by atoms with E-state index in [9.17, 15) is 22.4 Å². The van der Waals surface area contributed by atoms with Crippen molar-refractivity contribution >= 4 is 11.7 Å². The minimum atomic E-state index is -4.36. The Labute approximate surface area is 117 Å². The number of hydrogen-bond donors (Lipinski definition) is 2. The van der Waals surface area contributed by atoms with E-state index in [1.807, 2.05) is 5.32 Å². The fourth-order valence-corrected chi connectivity index (χ4v) is 1.79. The van der Waals surface area contributed by atoms with Gasteiger partial charge in [-0.15, -0.1) is 0 Å². The molecule has 8 heteroatoms. The van der Waals surface area contributed by atoms with Crippen LogP contribution in [0.3, 0.4) is 0 Å². The van der Waals surface area contributed by atoms with Crippen molar-refractivity contribution < 1.29 is 22.4 Å². The van der Waals surface area contributed by atoms with E-state index < -0.39 is 29.0 Å². The maximum absolute atomic E-state index is 14.0. The Morgan fingerprint density at radius 3 is 2.52 bits per heavy atom. The molecule has 0 spiro atoms. The molecule has 0 atom stereocenters. The van der Waals surface area contributed by atoms with Gasteiger partial charge in [0.1, 0.15) is 23.0 Å². The second kappa shape index (κ2) is 5.55. The van der Waals surface area contributed by atoms with E-state index >= 15 is 0 Å². The zero-order valence-electron chi connectivity index (χ0n) is 10.9. The summed E-state index contributed by atoms with van der Waals surface area (Å²) in [4.78, 5) is 11.7. The van der Waals surface area contributed by atoms with Gasteiger partial charge < -0.3 is 5.32 Å². The van der Waals surface area contributed by atoms with Crippen LogP contribution in [-0.2, 0) is 17.1 Å². The molecular formula is C13H11F4N3O. The van der Waals surface area contributed by atoms with Gasteiger partial charge >= 0.3 is 11.8 Å². The number of aromatic amines is 1. The first-order valence-corrected chi connectivity index (χ1v) is 6.04. The number of halogens is 4. The molecule has 21 heavy (non-hydrogen) atoms. The van der Waals surface area contributed by atoms with Crippen molar-refractivity contribution in [2.45, 2.75) is 19.3 Å². The molecule has 0 fully saturated rings. The highest BCUT2D eigenvalue weighted by atomic mass is 19.3. The van der Waals surface area contributed by atoms with E-state index in [1.165, 1.54) is 6.20 Å². The maximum Gasteiger partial charge on any atom is 0.355 e. The molecule has 1 aromatic heterocycles. The number of benzene rings is 1. The van der Waals surface area contributed by atoms with Gasteiger partial charge in [0, 0.05) is 5.56 Å². The second-order valence-electron chi connectivity index (χ2n) is 4.25. The number of carbonyl (C=O) groups excluding carboxylic acids is 1. The predicted octanol–water partition coefficient (Wildman–Crippen LogP) is 2.98. The summed E-state index contributed by atoms with van der Waals surface area (Å²) in [5.74, 6) is -9.21. The van der Waals surface area contributed by atoms with Crippen LogP contribution < -0.4 is 5.32 Å². The van der Waals surface area contributed by atoms with Gasteiger partial charge in [0.05, 0.1) is 6.20 Å². The fourth-order valence-electron chi connectivity index (χ4n) is 1.79. The van der Waals surface area contributed by atoms with Crippen molar-refractivity contribution in [3.63, 3.8) is 0 Å². The topological polar surface area (TPSA) is 57.8 Å². The molecule has 0 saturated carbocycles. The van der Waals surface area contributed by atoms with Crippen molar-refractivity contribution in [2.24, 2.45) is 0 Å². The van der Waals surface area contributed by atoms with Crippen molar-refractivity contribution in [1.29, 1.82) is 0 Å². The molecule has 0 unspecified atom stereocenters. The van der Waals surface area contributed by atoms with Crippen molar-refractivity contribution in [1.82, 2.24) is 10.2 Å². The Morgan fingerprint density at radius 2 is 1.95 bits per heavy atom. The lowest BCUT2D eigenvalue weighted by Gasteiger charge is -2.17. The molecule has 4 nitrogen and oxygen atoms in total. The van der Waals surface area contributed by atoms with Gasteiger partial charge in [0.15, 0.2) is 0 Å². The number of nitrogens with zero attached hydrogens (tertiary/aromatic N) is 1. The summed E-state index contributed by atoms with van der Waals surface area (Å²) in [6.07, 6.45) is 1.79. The van der Waals surface area contributed by atoms with E-state index in [0.29, 0.717) is 24.1 Å². The minimum absolute atomic E-state index is 0.0288. The molecule has 0 radical (unpaired) electrons. The summed E-state index contributed by atoms with van der Waals surface area (Å²) < 4.78 is 54.8. The number of aryl methyl sites for hydroxylation is 1. The first-order valence-electron chi connectivity index (χ1n) is 6.04. The van der Waals surface area contributed by atoms with Gasteiger partial charge in [-0.25, -0.2) is 8.78 Å². The number of anilines is 1. The Balaban J connectivity index is 2.33. The lowest BCUT2D eigenvalue weighted by Crippen LogP contribution is -2.34. The zero-order chi connectivity index (χ0) is 15.6. The number of amides is 1. The second-order valence-corrected chi connectivity index (χ2v) is 4.25. The van der Waals surface area contributed by atoms with Gasteiger partial charge in [-0.2, -0.15) is 13.9 Å². The molecule has 0 bridgehead atoms. The van der Waals surface area contributed by atoms with Crippen molar-refractivity contribution in [3.8, 4) is 0 Å². The fraction of sp³-hybridized carbons (Fsp3) is 0.231. The van der Waals surface area contributed by atoms with Crippen LogP contribution in [0.5, 0.6) is 0 Å². The summed E-state index contributed by atoms with van der Waals surface area (Å²) in [5, 5.41) is 7.84. The third kappa shape index (κ3) is 2.74. The van der Waals surface area contributed by atoms with Gasteiger partial charge in [-0.3, -0.25) is 9.89 Å². The molecule has 1 heterocycles. The summed E-state index contributed by atoms with van der Waals surface area (Å²) in [7, 11) is 0. The molecule has 0 aliphatic carbocycles. The van der Waals surface area contributed by atoms with E-state index in [4.69, 9.17) is 0 Å². The Bertz CT molecular complexity index is 649. The monoisotopic (exact) mass is 301 g/mol. The van der Waals surface area contributed by atoms with E-state index in [0.717, 1.165) is 6.07 Å². The summed E-state index contributed by atoms with van der Waals surface area (Å²) in [6, 6.07) is 2.26. The number of rotatable bonds is 4. The molecule has 2 aromatic rings. The Morgan fingerprint density at radius 1 is 1.33 bits per heavy atom. The lowest BCUT2D eigenvalue weighted by atomic mass is 10.1. The number of carbonyl (C=O) groups is 1. The molecule has 1 amide bonds. The SMILES string of the molecule is CCc1cn[nH]c1NC(=O)C(F)(F)c1c(F)cccc1F. The highest BCUT2D eigenvalue weighted by Gasteiger charge is 2.45. The molecule has 2 rings (SSSR count). The summed E-state index contributed by atoms with van der Waals surface area (Å²) in [5.41, 5.74) is -1.09. The van der Waals surface area contributed by atoms with Crippen LogP contribution in [-0.4, -0.2) is 16.1 Å². The normalized spacial score (nSPS) is 11.5. The quantitative estimate of drug-likeness (QED) is 0.853. The number of H-pyrrole nitrogens is 1. The molecule has 1 aromatic carbocycles. The predicted molar refractivity (Wildman–Crippen MR) is 66.8 cm³/mol. The minimum Gasteiger partial charge on any atom is -0.305 e. The number of aromatic nitrogens is 2. The average Bonchev–Trinajstić information content (AvgIpc) is 2.85. The number of alkyl halides is 2. The van der Waals surface area contributed by atoms with Gasteiger partial charge in [0.25, 0.3) is 0 Å². The molecule has 112 valence electrons. The Kier molecular flexibility index (Phi) is 3.97. The molecule has 0 aliphatic heterocycles. The van der Waals surface area contributed by atoms with Crippen molar-refractivity contribution in [3.05, 3.63) is 47.2 Å². The van der Waals surface area contributed by atoms with Crippen molar-refractivity contribution in [2.75, 3.05) is 5.32 Å². The number of hydrogen-bond acceptors (Lipinski definition) is 2. The summed E-state index contributed by atoms with van der Waals surface area (Å²) >= 11 is 0. The van der Waals surface area contributed by atoms with E-state index in [2.05, 4.69) is 10.2 Å². The van der Waals surface area contributed by atoms with Crippen LogP contribution in [0.25, 0.3) is 0 Å². The van der Waals surface area contributed by atoms with Gasteiger partial charge in [-0.05, 0) is 18.6 Å². The highest BCUT2D eigenvalue weighted by molar-refractivity contribution is 5.96. The van der Waals surface area contributed by atoms with E-state index in [1.54, 1.807) is 6.92 Å². The maximum atomic E-state index is 14.0. The van der Waals surface area contributed by atoms with Crippen LogP contribution in [0, 0.1) is 11.6 Å². The molecule has 0 saturated heterocycles. The first kappa shape index (κ1) is 15.0. The van der Waals surface area contributed by atoms with E-state index in [-0.39, 0.29) is 5.82 Å². The van der Waals surface area contributed by atoms with Crippen LogP contribution in [0.2, 0.25) is 0 Å². The smallest absolute Gasteiger partial charge is 0.305 e. The molecular weight excluding hydrogens is 290 g/mol. The third-order valence-corrected chi connectivity index (χ3v) is 2.90. The number of nitrogens with one attached hydrogen (secondary N) is 2. The van der Waals surface area contributed by atoms with Crippen LogP contribution in [0.4, 0.5) is 23.4 Å². The zero-order valence-corrected chi connectivity index (χ0v) is 10.9. The molecule has 2 N–H and O–H groups in total. The van der Waals surface area contributed by atoms with Gasteiger partial charge in [0.2, 0.25) is 0 Å². The highest BCUT2D eigenvalue weighted by Crippen LogP contribution is 2.33. The van der Waals surface area contributed by atoms with Gasteiger partial charge in [-0.1, -0.05) is 13.0 Å². The molecule has 0 aliphatic rings. The Hall–Kier alpha value is -2.38. The lowest BCUT2D eigenvalue weighted by molar-refractivity contribution is -0.141. The van der Waals surface area contributed by atoms with Crippen LogP contribution in [0.15, 0.2) is 24.4 Å². The average molecular weight is 301 g/mol. The largest absolute Gasteiger partial charge is 0.355 e. The van der Waals surface area contributed by atoms with Crippen LogP contribution >= 0.6 is 0 Å². The van der Waals surface area contributed by atoms with Crippen LogP contribution in [0.1, 0.15) is 18.1 Å². The summed E-state index contributed by atoms with van der Waals surface area (Å²) in [6.45, 7) is 1.73. The first-order chi connectivity index (χ1) is 9.87. The third-order valence-electron chi connectivity index (χ3n) is 2.90. The standard InChI is InChI=1S/C13H11F4N3O/c1-2-7-6-18-20-11(7)19-12(21)13(16,17)10-8(14)4-3-5-9(10)15/h3-6H,2H2,1H3,(H2,18,19,20,21).